The minimum atomic E-state index is -0.296. The zero-order valence-corrected chi connectivity index (χ0v) is 64.9. The Bertz CT molecular complexity index is 5200. The van der Waals surface area contributed by atoms with Crippen LogP contribution in [0.4, 0.5) is 85.3 Å². The van der Waals surface area contributed by atoms with Gasteiger partial charge in [-0.15, -0.1) is 0 Å². The second kappa shape index (κ2) is 24.9. The molecule has 104 heavy (non-hydrogen) atoms. The molecule has 12 aromatic carbocycles. The van der Waals surface area contributed by atoms with Crippen molar-refractivity contribution in [3.63, 3.8) is 0 Å². The fourth-order valence-corrected chi connectivity index (χ4v) is 17.9. The van der Waals surface area contributed by atoms with Gasteiger partial charge >= 0.3 is 0 Å². The first-order chi connectivity index (χ1) is 49.4. The van der Waals surface area contributed by atoms with E-state index < -0.39 is 0 Å². The summed E-state index contributed by atoms with van der Waals surface area (Å²) in [6.45, 7) is 42.9. The average molecular weight is 1370 g/mol. The SMILES string of the molecule is CC(C)(C)c1cc(N2c3cc(N(c4ccccc4)c4ccccc4)cc4c3B(c3cc5c(cc3N4c3ccccc3)N(c3ccccc3)c3cc(N(c4ccccc4)c4ccccc4)cc4c3B5c3c(cc(C(C)(C)C)cc3C(C)(C)C)S4)c3c2cc(C(C)(C)C)cc3C(C)(C)C)cc(C(C)(C)C)c1. The van der Waals surface area contributed by atoms with E-state index in [1.165, 1.54) is 104 Å². The molecule has 0 aromatic heterocycles. The maximum absolute atomic E-state index is 2.75. The summed E-state index contributed by atoms with van der Waals surface area (Å²) in [7, 11) is 0. The Labute approximate surface area is 624 Å². The van der Waals surface area contributed by atoms with Crippen molar-refractivity contribution in [2.45, 2.75) is 167 Å². The summed E-state index contributed by atoms with van der Waals surface area (Å²) in [6, 6.07) is 100.0. The lowest BCUT2D eigenvalue weighted by atomic mass is 9.29. The first-order valence-electron chi connectivity index (χ1n) is 37.5. The molecule has 16 rings (SSSR count). The highest BCUT2D eigenvalue weighted by molar-refractivity contribution is 8.00. The van der Waals surface area contributed by atoms with Crippen LogP contribution in [0.2, 0.25) is 0 Å². The van der Waals surface area contributed by atoms with E-state index >= 15 is 0 Å². The maximum atomic E-state index is 2.75. The van der Waals surface area contributed by atoms with Crippen molar-refractivity contribution in [1.82, 2.24) is 0 Å². The van der Waals surface area contributed by atoms with Gasteiger partial charge in [0.15, 0.2) is 0 Å². The van der Waals surface area contributed by atoms with Crippen molar-refractivity contribution in [3.8, 4) is 0 Å². The standard InChI is InChI=1S/C96H97B2N5S/c1-91(2,3)62-49-63(92(4,5)6)51-72(50-62)103-81-54-64(93(7,8)9)52-75(95(13,14)15)87(81)97-77-60-78-80(61-79(77)101(70-45-33-23-34-46-70)82-56-73(57-83(103)89(82)97)99(66-37-25-19-26-38-66)67-39-27-20-28-40-67)102(71-47-35-24-36-48-71)84-58-74(100(68-41-29-21-30-42-68)69-43-31-22-32-44-69)59-86-90(84)98(78)88-76(96(16,17)18)53-65(94(10,11)12)55-85(88)104-86/h19-61H,1-18H3. The van der Waals surface area contributed by atoms with Crippen LogP contribution >= 0.6 is 11.8 Å². The Morgan fingerprint density at radius 1 is 0.240 bits per heavy atom. The molecular formula is C96H97B2N5S. The van der Waals surface area contributed by atoms with Gasteiger partial charge in [-0.1, -0.05) is 275 Å². The van der Waals surface area contributed by atoms with E-state index in [1.54, 1.807) is 0 Å². The molecule has 4 aliphatic heterocycles. The summed E-state index contributed by atoms with van der Waals surface area (Å²) < 4.78 is 0. The van der Waals surface area contributed by atoms with Gasteiger partial charge in [-0.25, -0.2) is 0 Å². The highest BCUT2D eigenvalue weighted by Crippen LogP contribution is 2.54. The lowest BCUT2D eigenvalue weighted by Crippen LogP contribution is -2.66. The van der Waals surface area contributed by atoms with Gasteiger partial charge in [0, 0.05) is 89.4 Å². The van der Waals surface area contributed by atoms with Gasteiger partial charge in [-0.3, -0.25) is 0 Å². The minimum absolute atomic E-state index is 0.110. The van der Waals surface area contributed by atoms with Crippen molar-refractivity contribution in [2.24, 2.45) is 0 Å². The van der Waals surface area contributed by atoms with Crippen LogP contribution in [0.3, 0.4) is 0 Å². The quantitative estimate of drug-likeness (QED) is 0.133. The van der Waals surface area contributed by atoms with E-state index in [0.29, 0.717) is 0 Å². The van der Waals surface area contributed by atoms with Crippen molar-refractivity contribution in [1.29, 1.82) is 0 Å². The molecule has 0 fully saturated rings. The molecule has 12 aromatic rings. The van der Waals surface area contributed by atoms with Gasteiger partial charge in [0.25, 0.3) is 6.71 Å². The second-order valence-electron chi connectivity index (χ2n) is 35.6. The van der Waals surface area contributed by atoms with E-state index in [9.17, 15) is 0 Å². The Morgan fingerprint density at radius 3 is 0.952 bits per heavy atom. The number of anilines is 15. The molecule has 0 N–H and O–H groups in total. The molecule has 0 spiro atoms. The third-order valence-corrected chi connectivity index (χ3v) is 23.1. The summed E-state index contributed by atoms with van der Waals surface area (Å²) in [6.07, 6.45) is 0. The minimum Gasteiger partial charge on any atom is -0.311 e. The van der Waals surface area contributed by atoms with E-state index in [-0.39, 0.29) is 45.9 Å². The summed E-state index contributed by atoms with van der Waals surface area (Å²) >= 11 is 1.97. The van der Waals surface area contributed by atoms with Crippen LogP contribution in [0.5, 0.6) is 0 Å². The maximum Gasteiger partial charge on any atom is 0.252 e. The van der Waals surface area contributed by atoms with Gasteiger partial charge in [0.05, 0.1) is 5.69 Å². The molecule has 518 valence electrons. The summed E-state index contributed by atoms with van der Waals surface area (Å²) in [5, 5.41) is 0. The molecule has 0 saturated heterocycles. The molecule has 5 nitrogen and oxygen atoms in total. The second-order valence-corrected chi connectivity index (χ2v) is 36.6. The smallest absolute Gasteiger partial charge is 0.252 e. The zero-order chi connectivity index (χ0) is 72.9. The van der Waals surface area contributed by atoms with Crippen LogP contribution in [-0.4, -0.2) is 13.4 Å². The van der Waals surface area contributed by atoms with Crippen LogP contribution in [-0.2, 0) is 32.5 Å². The molecule has 4 aliphatic rings. The molecule has 4 heterocycles. The number of benzene rings is 12. The molecule has 0 unspecified atom stereocenters. The number of nitrogens with zero attached hydrogens (tertiary/aromatic N) is 5. The fraction of sp³-hybridized carbons (Fsp3) is 0.250. The van der Waals surface area contributed by atoms with Crippen LogP contribution in [0.1, 0.15) is 158 Å². The van der Waals surface area contributed by atoms with Gasteiger partial charge in [-0.05, 0) is 221 Å². The van der Waals surface area contributed by atoms with E-state index in [0.717, 1.165) is 56.9 Å². The molecule has 0 saturated carbocycles. The van der Waals surface area contributed by atoms with Crippen molar-refractivity contribution < 1.29 is 0 Å². The van der Waals surface area contributed by atoms with E-state index in [2.05, 4.69) is 410 Å². The molecule has 8 heteroatoms. The molecule has 0 atom stereocenters. The fourth-order valence-electron chi connectivity index (χ4n) is 16.6. The summed E-state index contributed by atoms with van der Waals surface area (Å²) in [5.74, 6) is 0. The average Bonchev–Trinajstić information content (AvgIpc) is 0.676. The first kappa shape index (κ1) is 68.5. The molecular weight excluding hydrogens is 1280 g/mol. The first-order valence-corrected chi connectivity index (χ1v) is 38.3. The van der Waals surface area contributed by atoms with Gasteiger partial charge in [0.1, 0.15) is 0 Å². The molecule has 0 aliphatic carbocycles. The Kier molecular flexibility index (Phi) is 16.4. The number of para-hydroxylation sites is 6. The third kappa shape index (κ3) is 11.8. The topological polar surface area (TPSA) is 16.2 Å². The van der Waals surface area contributed by atoms with Crippen LogP contribution in [0, 0.1) is 0 Å². The Hall–Kier alpha value is -9.88. The number of hydrogen-bond donors (Lipinski definition) is 0. The summed E-state index contributed by atoms with van der Waals surface area (Å²) in [4.78, 5) is 15.6. The van der Waals surface area contributed by atoms with Crippen LogP contribution < -0.4 is 57.3 Å². The molecule has 0 radical (unpaired) electrons. The normalized spacial score (nSPS) is 13.9. The van der Waals surface area contributed by atoms with Crippen molar-refractivity contribution in [2.75, 3.05) is 24.5 Å². The predicted molar refractivity (Wildman–Crippen MR) is 452 cm³/mol. The lowest BCUT2D eigenvalue weighted by molar-refractivity contribution is 0.568. The lowest BCUT2D eigenvalue weighted by Gasteiger charge is -2.48. The van der Waals surface area contributed by atoms with Crippen molar-refractivity contribution >= 4 is 143 Å². The monoisotopic (exact) mass is 1370 g/mol. The molecule has 0 amide bonds. The third-order valence-electron chi connectivity index (χ3n) is 22.0. The molecule has 0 bridgehead atoms. The number of rotatable bonds is 9. The summed E-state index contributed by atoms with van der Waals surface area (Å²) in [5.41, 5.74) is 31.9. The highest BCUT2D eigenvalue weighted by Gasteiger charge is 2.51. The van der Waals surface area contributed by atoms with E-state index in [4.69, 9.17) is 0 Å². The highest BCUT2D eigenvalue weighted by atomic mass is 32.2. The van der Waals surface area contributed by atoms with Gasteiger partial charge in [-0.2, -0.15) is 0 Å². The zero-order valence-electron chi connectivity index (χ0n) is 64.1. The number of hydrogen-bond acceptors (Lipinski definition) is 6. The Morgan fingerprint density at radius 2 is 0.558 bits per heavy atom. The van der Waals surface area contributed by atoms with Crippen LogP contribution in [0.15, 0.2) is 271 Å². The van der Waals surface area contributed by atoms with Gasteiger partial charge < -0.3 is 24.5 Å². The number of fused-ring (bicyclic) bond motifs is 8. The van der Waals surface area contributed by atoms with Crippen LogP contribution in [0.25, 0.3) is 0 Å². The largest absolute Gasteiger partial charge is 0.311 e. The predicted octanol–water partition coefficient (Wildman–Crippen LogP) is 23.3. The van der Waals surface area contributed by atoms with E-state index in [1.807, 2.05) is 11.8 Å². The van der Waals surface area contributed by atoms with Gasteiger partial charge in [0.2, 0.25) is 6.71 Å². The Balaban J connectivity index is 1.10. The van der Waals surface area contributed by atoms with Crippen molar-refractivity contribution in [3.05, 3.63) is 294 Å².